The molecule has 0 heterocycles. The van der Waals surface area contributed by atoms with Gasteiger partial charge in [-0.15, -0.1) is 0 Å². The van der Waals surface area contributed by atoms with E-state index >= 15 is 0 Å². The Kier molecular flexibility index (Phi) is 6.44. The fourth-order valence-corrected chi connectivity index (χ4v) is 0.673. The van der Waals surface area contributed by atoms with Gasteiger partial charge in [-0.1, -0.05) is 30.3 Å². The Morgan fingerprint density at radius 3 is 2.00 bits per heavy atom. The van der Waals surface area contributed by atoms with Crippen molar-refractivity contribution < 1.29 is 12.6 Å². The molecule has 0 amide bonds. The Morgan fingerprint density at radius 1 is 1.33 bits per heavy atom. The van der Waals surface area contributed by atoms with Crippen LogP contribution in [0.25, 0.3) is 0 Å². The average molecular weight is 230 g/mol. The topological polar surface area (TPSA) is 54.4 Å². The third-order valence-corrected chi connectivity index (χ3v) is 1.18. The van der Waals surface area contributed by atoms with Gasteiger partial charge in [0.05, 0.1) is 0 Å². The number of carbonyl (C=O) groups excluding carboxylic acids is 1. The first-order valence-corrected chi connectivity index (χ1v) is 5.43. The molecule has 1 N–H and O–H groups in total. The van der Waals surface area contributed by atoms with Crippen LogP contribution in [0.3, 0.4) is 0 Å². The zero-order valence-electron chi connectivity index (χ0n) is 6.73. The van der Waals surface area contributed by atoms with Crippen molar-refractivity contribution in [2.75, 3.05) is 0 Å². The van der Waals surface area contributed by atoms with Crippen LogP contribution in [0.15, 0.2) is 30.3 Å². The molecule has 0 aliphatic carbocycles. The summed E-state index contributed by atoms with van der Waals surface area (Å²) in [4.78, 5) is 10.6. The van der Waals surface area contributed by atoms with Crippen LogP contribution in [0.5, 0.6) is 0 Å². The molecule has 0 radical (unpaired) electrons. The van der Waals surface area contributed by atoms with Gasteiger partial charge in [-0.25, -0.2) is 0 Å². The first-order chi connectivity index (χ1) is 5.72. The van der Waals surface area contributed by atoms with E-state index in [0.717, 1.165) is 5.56 Å². The third-order valence-electron chi connectivity index (χ3n) is 1.18. The molecule has 0 aliphatic heterocycles. The molecule has 0 saturated heterocycles. The van der Waals surface area contributed by atoms with Gasteiger partial charge in [0.2, 0.25) is 0 Å². The quantitative estimate of drug-likeness (QED) is 0.557. The Morgan fingerprint density at radius 2 is 1.75 bits per heavy atom. The Labute approximate surface area is 77.7 Å². The molecule has 12 heavy (non-hydrogen) atoms. The summed E-state index contributed by atoms with van der Waals surface area (Å²) in [7, 11) is 0. The summed E-state index contributed by atoms with van der Waals surface area (Å²) in [6.45, 7) is 1.56. The number of carbonyl (C=O) groups is 1. The van der Waals surface area contributed by atoms with Gasteiger partial charge in [0.25, 0.3) is 0 Å². The predicted octanol–water partition coefficient (Wildman–Crippen LogP) is 0.297. The van der Waals surface area contributed by atoms with Crippen molar-refractivity contribution in [2.24, 2.45) is 0 Å². The predicted molar refractivity (Wildman–Crippen MR) is 47.9 cm³/mol. The van der Waals surface area contributed by atoms with Gasteiger partial charge in [0, 0.05) is 5.56 Å². The van der Waals surface area contributed by atoms with Crippen LogP contribution in [-0.2, 0) is 3.74 Å². The molecule has 1 rings (SSSR count). The molecule has 1 unspecified atom stereocenters. The maximum atomic E-state index is 10.6. The summed E-state index contributed by atoms with van der Waals surface area (Å²) in [5.74, 6) is 0.121. The van der Waals surface area contributed by atoms with Crippen molar-refractivity contribution >= 4 is 21.8 Å². The number of Topliss-reactive ketones (excluding diaryl/α,β-unsaturated/α-hetero) is 1. The van der Waals surface area contributed by atoms with Gasteiger partial charge in [-0.3, -0.25) is 4.79 Å². The van der Waals surface area contributed by atoms with Crippen molar-refractivity contribution in [1.29, 1.82) is 0 Å². The summed E-state index contributed by atoms with van der Waals surface area (Å²) in [6, 6.07) is 9.23. The van der Waals surface area contributed by atoms with E-state index in [1.165, 1.54) is 0 Å². The normalized spacial score (nSPS) is 9.17. The van der Waals surface area contributed by atoms with Crippen LogP contribution < -0.4 is 0 Å². The number of rotatable bonds is 1. The van der Waals surface area contributed by atoms with Gasteiger partial charge >= 0.3 is 23.9 Å². The average Bonchev–Trinajstić information content (AvgIpc) is 2.07. The van der Waals surface area contributed by atoms with E-state index in [-0.39, 0.29) is 5.78 Å². The van der Waals surface area contributed by atoms with Gasteiger partial charge in [-0.2, -0.15) is 0 Å². The second-order valence-corrected chi connectivity index (χ2v) is 2.47. The molecule has 4 heteroatoms. The van der Waals surface area contributed by atoms with E-state index in [2.05, 4.69) is 0 Å². The summed E-state index contributed by atoms with van der Waals surface area (Å²) >= 11 is -1.94. The van der Waals surface area contributed by atoms with Crippen LogP contribution in [0.1, 0.15) is 17.3 Å². The molecule has 0 saturated carbocycles. The van der Waals surface area contributed by atoms with E-state index in [1.54, 1.807) is 6.92 Å². The second kappa shape index (κ2) is 6.89. The fraction of sp³-hybridized carbons (Fsp3) is 0.125. The van der Waals surface area contributed by atoms with Gasteiger partial charge in [0.1, 0.15) is 0 Å². The molecule has 66 valence electrons. The standard InChI is InChI=1S/C8H8O.AsH3O2/c1-7(9)8-5-3-2-4-6-8;2-1-3/h2-6H,1H3;1H2,(H,2,3). The van der Waals surface area contributed by atoms with E-state index in [9.17, 15) is 4.79 Å². The Bertz CT molecular complexity index is 246. The molecule has 3 nitrogen and oxygen atoms in total. The zero-order valence-corrected chi connectivity index (χ0v) is 9.15. The molecule has 1 atom stereocenters. The summed E-state index contributed by atoms with van der Waals surface area (Å²) < 4.78 is 15.8. The van der Waals surface area contributed by atoms with E-state index in [4.69, 9.17) is 7.84 Å². The number of benzene rings is 1. The van der Waals surface area contributed by atoms with E-state index in [1.807, 2.05) is 30.3 Å². The molecule has 1 aromatic carbocycles. The van der Waals surface area contributed by atoms with Crippen LogP contribution >= 0.6 is 0 Å². The molecular weight excluding hydrogens is 219 g/mol. The van der Waals surface area contributed by atoms with Crippen LogP contribution in [0, 0.1) is 0 Å². The molecule has 0 spiro atoms. The summed E-state index contributed by atoms with van der Waals surface area (Å²) in [6.07, 6.45) is 0. The van der Waals surface area contributed by atoms with E-state index in [0.29, 0.717) is 0 Å². The zero-order chi connectivity index (χ0) is 9.40. The number of hydrogen-bond donors (Lipinski definition) is 1. The molecule has 0 fully saturated rings. The Hall–Kier alpha value is -0.792. The van der Waals surface area contributed by atoms with Crippen molar-refractivity contribution in [3.8, 4) is 0 Å². The fourth-order valence-electron chi connectivity index (χ4n) is 0.673. The first kappa shape index (κ1) is 11.2. The molecule has 0 bridgehead atoms. The SMILES string of the molecule is CC(=O)c1ccccc1.O=[AsH2]O. The minimum absolute atomic E-state index is 0.121. The first-order valence-electron chi connectivity index (χ1n) is 3.36. The molecule has 0 aliphatic rings. The Balaban J connectivity index is 0.000000354. The van der Waals surface area contributed by atoms with Crippen molar-refractivity contribution in [1.82, 2.24) is 0 Å². The molecular formula is C8H11AsO3. The van der Waals surface area contributed by atoms with Gasteiger partial charge in [0.15, 0.2) is 5.78 Å². The van der Waals surface area contributed by atoms with Gasteiger partial charge < -0.3 is 0 Å². The maximum absolute atomic E-state index is 10.6. The van der Waals surface area contributed by atoms with Crippen LogP contribution in [0.4, 0.5) is 0 Å². The monoisotopic (exact) mass is 230 g/mol. The van der Waals surface area contributed by atoms with Crippen LogP contribution in [-0.4, -0.2) is 25.9 Å². The number of hydrogen-bond acceptors (Lipinski definition) is 2. The second-order valence-electron chi connectivity index (χ2n) is 2.03. The van der Waals surface area contributed by atoms with Crippen molar-refractivity contribution in [3.05, 3.63) is 35.9 Å². The molecule has 1 aromatic rings. The van der Waals surface area contributed by atoms with Gasteiger partial charge in [-0.05, 0) is 6.92 Å². The summed E-state index contributed by atoms with van der Waals surface area (Å²) in [5, 5.41) is 0. The summed E-state index contributed by atoms with van der Waals surface area (Å²) in [5.41, 5.74) is 0.775. The third kappa shape index (κ3) is 4.94. The van der Waals surface area contributed by atoms with Crippen LogP contribution in [0.2, 0.25) is 0 Å². The van der Waals surface area contributed by atoms with Crippen molar-refractivity contribution in [2.45, 2.75) is 6.92 Å². The van der Waals surface area contributed by atoms with E-state index < -0.39 is 16.0 Å². The minimum atomic E-state index is -1.94. The molecule has 0 aromatic heterocycles. The van der Waals surface area contributed by atoms with Crippen molar-refractivity contribution in [3.63, 3.8) is 0 Å². The number of ketones is 1.